The molecule has 0 fully saturated rings. The molecule has 1 N–H and O–H groups in total. The van der Waals surface area contributed by atoms with E-state index in [-0.39, 0.29) is 0 Å². The van der Waals surface area contributed by atoms with Gasteiger partial charge in [-0.2, -0.15) is 0 Å². The molecule has 1 aromatic carbocycles. The van der Waals surface area contributed by atoms with E-state index in [1.54, 1.807) is 7.11 Å². The lowest BCUT2D eigenvalue weighted by Crippen LogP contribution is -2.17. The van der Waals surface area contributed by atoms with Gasteiger partial charge in [0.05, 0.1) is 7.11 Å². The molecule has 0 radical (unpaired) electrons. The summed E-state index contributed by atoms with van der Waals surface area (Å²) in [6.45, 7) is 11.0. The zero-order chi connectivity index (χ0) is 13.5. The van der Waals surface area contributed by atoms with Crippen molar-refractivity contribution in [1.82, 2.24) is 5.32 Å². The van der Waals surface area contributed by atoms with Crippen molar-refractivity contribution in [2.75, 3.05) is 20.2 Å². The molecule has 0 amide bonds. The lowest BCUT2D eigenvalue weighted by Gasteiger charge is -2.17. The molecule has 0 saturated carbocycles. The SMILES string of the molecule is CCCNCCC(C)c1cc(C)c(OC)cc1C. The van der Waals surface area contributed by atoms with Crippen molar-refractivity contribution in [3.05, 3.63) is 28.8 Å². The number of nitrogens with one attached hydrogen (secondary N) is 1. The fourth-order valence-electron chi connectivity index (χ4n) is 2.34. The second-order valence-electron chi connectivity index (χ2n) is 5.12. The Bertz CT molecular complexity index is 374. The molecule has 0 aliphatic heterocycles. The van der Waals surface area contributed by atoms with Crippen molar-refractivity contribution in [3.63, 3.8) is 0 Å². The van der Waals surface area contributed by atoms with E-state index in [0.29, 0.717) is 5.92 Å². The molecule has 2 heteroatoms. The fourth-order valence-corrected chi connectivity index (χ4v) is 2.34. The van der Waals surface area contributed by atoms with E-state index in [9.17, 15) is 0 Å². The van der Waals surface area contributed by atoms with Gasteiger partial charge >= 0.3 is 0 Å². The minimum absolute atomic E-state index is 0.596. The average Bonchev–Trinajstić information content (AvgIpc) is 2.36. The zero-order valence-electron chi connectivity index (χ0n) is 12.5. The largest absolute Gasteiger partial charge is 0.496 e. The van der Waals surface area contributed by atoms with Crippen LogP contribution in [0.25, 0.3) is 0 Å². The van der Waals surface area contributed by atoms with E-state index in [1.807, 2.05) is 0 Å². The summed E-state index contributed by atoms with van der Waals surface area (Å²) in [6.07, 6.45) is 2.39. The average molecular weight is 249 g/mol. The molecule has 0 aliphatic carbocycles. The highest BCUT2D eigenvalue weighted by Gasteiger charge is 2.11. The van der Waals surface area contributed by atoms with Crippen molar-refractivity contribution in [2.45, 2.75) is 46.5 Å². The third kappa shape index (κ3) is 4.02. The summed E-state index contributed by atoms with van der Waals surface area (Å²) in [7, 11) is 1.74. The summed E-state index contributed by atoms with van der Waals surface area (Å²) in [4.78, 5) is 0. The van der Waals surface area contributed by atoms with Crippen molar-refractivity contribution < 1.29 is 4.74 Å². The molecule has 0 spiro atoms. The quantitative estimate of drug-likeness (QED) is 0.742. The van der Waals surface area contributed by atoms with Gasteiger partial charge in [-0.05, 0) is 68.5 Å². The Morgan fingerprint density at radius 3 is 2.50 bits per heavy atom. The molecule has 102 valence electrons. The van der Waals surface area contributed by atoms with Gasteiger partial charge in [0, 0.05) is 0 Å². The Kier molecular flexibility index (Phi) is 6.20. The van der Waals surface area contributed by atoms with Crippen LogP contribution >= 0.6 is 0 Å². The van der Waals surface area contributed by atoms with Crippen LogP contribution in [0.1, 0.15) is 49.3 Å². The first-order valence-electron chi connectivity index (χ1n) is 6.96. The summed E-state index contributed by atoms with van der Waals surface area (Å²) in [6, 6.07) is 4.43. The highest BCUT2D eigenvalue weighted by atomic mass is 16.5. The van der Waals surface area contributed by atoms with Crippen LogP contribution in [-0.4, -0.2) is 20.2 Å². The van der Waals surface area contributed by atoms with Crippen LogP contribution in [0.5, 0.6) is 5.75 Å². The minimum Gasteiger partial charge on any atom is -0.496 e. The lowest BCUT2D eigenvalue weighted by molar-refractivity contribution is 0.411. The highest BCUT2D eigenvalue weighted by Crippen LogP contribution is 2.28. The van der Waals surface area contributed by atoms with Crippen LogP contribution in [0.3, 0.4) is 0 Å². The van der Waals surface area contributed by atoms with Crippen molar-refractivity contribution in [2.24, 2.45) is 0 Å². The summed E-state index contributed by atoms with van der Waals surface area (Å²) in [5.41, 5.74) is 4.01. The van der Waals surface area contributed by atoms with Crippen LogP contribution in [0.4, 0.5) is 0 Å². The van der Waals surface area contributed by atoms with E-state index in [0.717, 1.165) is 18.8 Å². The molecule has 0 heterocycles. The smallest absolute Gasteiger partial charge is 0.122 e. The Balaban J connectivity index is 2.67. The molecule has 0 bridgehead atoms. The highest BCUT2D eigenvalue weighted by molar-refractivity contribution is 5.42. The van der Waals surface area contributed by atoms with E-state index in [1.165, 1.54) is 29.5 Å². The third-order valence-corrected chi connectivity index (χ3v) is 3.50. The number of ether oxygens (including phenoxy) is 1. The Morgan fingerprint density at radius 1 is 1.17 bits per heavy atom. The van der Waals surface area contributed by atoms with Crippen LogP contribution < -0.4 is 10.1 Å². The normalized spacial score (nSPS) is 12.5. The third-order valence-electron chi connectivity index (χ3n) is 3.50. The van der Waals surface area contributed by atoms with Gasteiger partial charge in [0.25, 0.3) is 0 Å². The number of aryl methyl sites for hydroxylation is 2. The number of benzene rings is 1. The molecule has 1 aromatic rings. The van der Waals surface area contributed by atoms with Crippen LogP contribution in [-0.2, 0) is 0 Å². The molecule has 0 aliphatic rings. The molecule has 0 saturated heterocycles. The van der Waals surface area contributed by atoms with Gasteiger partial charge in [0.1, 0.15) is 5.75 Å². The maximum Gasteiger partial charge on any atom is 0.122 e. The van der Waals surface area contributed by atoms with Crippen molar-refractivity contribution in [1.29, 1.82) is 0 Å². The Hall–Kier alpha value is -1.02. The van der Waals surface area contributed by atoms with E-state index < -0.39 is 0 Å². The van der Waals surface area contributed by atoms with E-state index >= 15 is 0 Å². The molecule has 1 rings (SSSR count). The molecule has 1 unspecified atom stereocenters. The van der Waals surface area contributed by atoms with Crippen LogP contribution in [0, 0.1) is 13.8 Å². The fraction of sp³-hybridized carbons (Fsp3) is 0.625. The van der Waals surface area contributed by atoms with Gasteiger partial charge < -0.3 is 10.1 Å². The molecule has 2 nitrogen and oxygen atoms in total. The van der Waals surface area contributed by atoms with Gasteiger partial charge in [0.15, 0.2) is 0 Å². The summed E-state index contributed by atoms with van der Waals surface area (Å²) in [5.74, 6) is 1.59. The van der Waals surface area contributed by atoms with E-state index in [2.05, 4.69) is 45.1 Å². The van der Waals surface area contributed by atoms with Gasteiger partial charge in [-0.3, -0.25) is 0 Å². The first-order valence-corrected chi connectivity index (χ1v) is 6.96. The molecular formula is C16H27NO. The summed E-state index contributed by atoms with van der Waals surface area (Å²) < 4.78 is 5.36. The lowest BCUT2D eigenvalue weighted by atomic mass is 9.92. The number of hydrogen-bond donors (Lipinski definition) is 1. The second kappa shape index (κ2) is 7.42. The monoisotopic (exact) mass is 249 g/mol. The summed E-state index contributed by atoms with van der Waals surface area (Å²) in [5, 5.41) is 3.47. The predicted octanol–water partition coefficient (Wildman–Crippen LogP) is 3.81. The topological polar surface area (TPSA) is 21.3 Å². The standard InChI is InChI=1S/C16H27NO/c1-6-8-17-9-7-12(2)15-10-14(4)16(18-5)11-13(15)3/h10-12,17H,6-9H2,1-5H3. The number of rotatable bonds is 7. The maximum atomic E-state index is 5.36. The van der Waals surface area contributed by atoms with Gasteiger partial charge in [-0.25, -0.2) is 0 Å². The van der Waals surface area contributed by atoms with Gasteiger partial charge in [-0.1, -0.05) is 19.9 Å². The predicted molar refractivity (Wildman–Crippen MR) is 78.7 cm³/mol. The second-order valence-corrected chi connectivity index (χ2v) is 5.12. The van der Waals surface area contributed by atoms with Gasteiger partial charge in [-0.15, -0.1) is 0 Å². The first-order chi connectivity index (χ1) is 8.60. The number of hydrogen-bond acceptors (Lipinski definition) is 2. The maximum absolute atomic E-state index is 5.36. The molecule has 1 atom stereocenters. The molecule has 0 aromatic heterocycles. The van der Waals surface area contributed by atoms with E-state index in [4.69, 9.17) is 4.74 Å². The minimum atomic E-state index is 0.596. The van der Waals surface area contributed by atoms with Gasteiger partial charge in [0.2, 0.25) is 0 Å². The van der Waals surface area contributed by atoms with Crippen LogP contribution in [0.2, 0.25) is 0 Å². The zero-order valence-corrected chi connectivity index (χ0v) is 12.5. The first kappa shape index (κ1) is 15.0. The number of methoxy groups -OCH3 is 1. The van der Waals surface area contributed by atoms with Crippen molar-refractivity contribution in [3.8, 4) is 5.75 Å². The Labute approximate surface area is 112 Å². The summed E-state index contributed by atoms with van der Waals surface area (Å²) >= 11 is 0. The molecule has 18 heavy (non-hydrogen) atoms. The van der Waals surface area contributed by atoms with Crippen LogP contribution in [0.15, 0.2) is 12.1 Å². The Morgan fingerprint density at radius 2 is 1.89 bits per heavy atom. The molecular weight excluding hydrogens is 222 g/mol. The van der Waals surface area contributed by atoms with Crippen molar-refractivity contribution >= 4 is 0 Å².